The summed E-state index contributed by atoms with van der Waals surface area (Å²) in [6, 6.07) is 6.84. The second-order valence-corrected chi connectivity index (χ2v) is 6.82. The fourth-order valence-corrected chi connectivity index (χ4v) is 3.79. The molecule has 2 N–H and O–H groups in total. The minimum absolute atomic E-state index is 0.0558. The lowest BCUT2D eigenvalue weighted by molar-refractivity contribution is -0.146. The van der Waals surface area contributed by atoms with Crippen LogP contribution < -0.4 is 10.1 Å². The van der Waals surface area contributed by atoms with Gasteiger partial charge in [0.1, 0.15) is 5.75 Å². The van der Waals surface area contributed by atoms with Crippen molar-refractivity contribution in [3.8, 4) is 11.8 Å². The van der Waals surface area contributed by atoms with Crippen molar-refractivity contribution in [1.29, 1.82) is 5.26 Å². The number of carboxylic acid groups (broad SMARTS) is 1. The molecule has 1 aromatic rings. The topological polar surface area (TPSA) is 99.4 Å². The first-order chi connectivity index (χ1) is 11.9. The Labute approximate surface area is 146 Å². The Morgan fingerprint density at radius 2 is 1.96 bits per heavy atom. The van der Waals surface area contributed by atoms with E-state index in [0.29, 0.717) is 23.4 Å². The van der Waals surface area contributed by atoms with Crippen molar-refractivity contribution in [2.75, 3.05) is 5.32 Å². The number of benzene rings is 1. The number of allylic oxidation sites excluding steroid dienone is 2. The van der Waals surface area contributed by atoms with Gasteiger partial charge in [0.05, 0.1) is 35.3 Å². The normalized spacial score (nSPS) is 26.5. The highest BCUT2D eigenvalue weighted by Gasteiger charge is 2.51. The van der Waals surface area contributed by atoms with Crippen molar-refractivity contribution >= 4 is 17.6 Å². The van der Waals surface area contributed by atoms with Crippen LogP contribution in [0, 0.1) is 35.0 Å². The Kier molecular flexibility index (Phi) is 4.49. The van der Waals surface area contributed by atoms with Crippen LogP contribution in [0.4, 0.5) is 5.69 Å². The summed E-state index contributed by atoms with van der Waals surface area (Å²) < 4.78 is 5.69. The summed E-state index contributed by atoms with van der Waals surface area (Å²) in [5.74, 6) is -2.27. The van der Waals surface area contributed by atoms with Gasteiger partial charge in [-0.25, -0.2) is 0 Å². The number of fused-ring (bicyclic) bond motifs is 2. The Morgan fingerprint density at radius 1 is 1.28 bits per heavy atom. The second-order valence-electron chi connectivity index (χ2n) is 6.82. The van der Waals surface area contributed by atoms with E-state index in [2.05, 4.69) is 5.32 Å². The van der Waals surface area contributed by atoms with Crippen LogP contribution in [-0.4, -0.2) is 23.1 Å². The molecule has 0 aromatic heterocycles. The number of nitriles is 1. The van der Waals surface area contributed by atoms with E-state index in [9.17, 15) is 14.7 Å². The number of carbonyl (C=O) groups is 2. The quantitative estimate of drug-likeness (QED) is 0.803. The lowest BCUT2D eigenvalue weighted by atomic mass is 9.82. The van der Waals surface area contributed by atoms with E-state index in [1.807, 2.05) is 32.1 Å². The first-order valence-corrected chi connectivity index (χ1v) is 8.33. The summed E-state index contributed by atoms with van der Waals surface area (Å²) in [6.07, 6.45) is 4.44. The maximum absolute atomic E-state index is 12.8. The number of aliphatic carboxylic acids is 1. The number of carboxylic acids is 1. The van der Waals surface area contributed by atoms with Crippen LogP contribution in [0.1, 0.15) is 25.8 Å². The Hall–Kier alpha value is -2.81. The number of anilines is 1. The highest BCUT2D eigenvalue weighted by molar-refractivity contribution is 5.97. The summed E-state index contributed by atoms with van der Waals surface area (Å²) in [5, 5.41) is 21.4. The number of hydrogen-bond acceptors (Lipinski definition) is 4. The molecule has 1 amide bonds. The van der Waals surface area contributed by atoms with E-state index >= 15 is 0 Å². The summed E-state index contributed by atoms with van der Waals surface area (Å²) >= 11 is 0. The highest BCUT2D eigenvalue weighted by atomic mass is 16.5. The summed E-state index contributed by atoms with van der Waals surface area (Å²) in [7, 11) is 0. The number of nitrogens with zero attached hydrogens (tertiary/aromatic N) is 1. The van der Waals surface area contributed by atoms with Crippen molar-refractivity contribution in [3.63, 3.8) is 0 Å². The lowest BCUT2D eigenvalue weighted by Gasteiger charge is -2.24. The van der Waals surface area contributed by atoms with Gasteiger partial charge in [0, 0.05) is 0 Å². The standard InChI is InChI=1S/C19H20N2O4/c1-10(2)25-15-6-3-11(9-20)7-14(15)21-18(22)16-12-4-5-13(8-12)17(16)19(23)24/h3-7,10,12-13,16-17H,8H2,1-2H3,(H,21,22)(H,23,24). The third-order valence-electron chi connectivity index (χ3n) is 4.78. The van der Waals surface area contributed by atoms with E-state index in [1.165, 1.54) is 0 Å². The van der Waals surface area contributed by atoms with Gasteiger partial charge in [-0.3, -0.25) is 9.59 Å². The zero-order valence-electron chi connectivity index (χ0n) is 14.1. The average Bonchev–Trinajstić information content (AvgIpc) is 3.16. The molecule has 0 spiro atoms. The molecule has 1 saturated carbocycles. The molecule has 1 aromatic carbocycles. The minimum Gasteiger partial charge on any atom is -0.489 e. The Morgan fingerprint density at radius 3 is 2.56 bits per heavy atom. The summed E-state index contributed by atoms with van der Waals surface area (Å²) in [6.45, 7) is 3.73. The number of nitrogens with one attached hydrogen (secondary N) is 1. The third kappa shape index (κ3) is 3.22. The molecule has 4 atom stereocenters. The molecule has 0 aliphatic heterocycles. The average molecular weight is 340 g/mol. The van der Waals surface area contributed by atoms with Crippen LogP contribution in [-0.2, 0) is 9.59 Å². The van der Waals surface area contributed by atoms with Gasteiger partial charge in [-0.2, -0.15) is 5.26 Å². The first-order valence-electron chi connectivity index (χ1n) is 8.33. The van der Waals surface area contributed by atoms with Crippen LogP contribution in [0.2, 0.25) is 0 Å². The third-order valence-corrected chi connectivity index (χ3v) is 4.78. The van der Waals surface area contributed by atoms with Gasteiger partial charge >= 0.3 is 5.97 Å². The van der Waals surface area contributed by atoms with Crippen LogP contribution in [0.15, 0.2) is 30.4 Å². The second kappa shape index (κ2) is 6.60. The van der Waals surface area contributed by atoms with Gasteiger partial charge in [0.2, 0.25) is 5.91 Å². The molecule has 0 heterocycles. The predicted molar refractivity (Wildman–Crippen MR) is 90.9 cm³/mol. The Balaban J connectivity index is 1.86. The fraction of sp³-hybridized carbons (Fsp3) is 0.421. The number of amides is 1. The lowest BCUT2D eigenvalue weighted by Crippen LogP contribution is -2.36. The molecule has 0 saturated heterocycles. The van der Waals surface area contributed by atoms with E-state index in [4.69, 9.17) is 10.00 Å². The predicted octanol–water partition coefficient (Wildman–Crippen LogP) is 2.81. The van der Waals surface area contributed by atoms with Crippen LogP contribution in [0.25, 0.3) is 0 Å². The smallest absolute Gasteiger partial charge is 0.307 e. The summed E-state index contributed by atoms with van der Waals surface area (Å²) in [4.78, 5) is 24.4. The fourth-order valence-electron chi connectivity index (χ4n) is 3.79. The SMILES string of the molecule is CC(C)Oc1ccc(C#N)cc1NC(=O)C1C2C=CC(C2)C1C(=O)O. The van der Waals surface area contributed by atoms with Gasteiger partial charge in [-0.15, -0.1) is 0 Å². The maximum Gasteiger partial charge on any atom is 0.307 e. The van der Waals surface area contributed by atoms with Crippen LogP contribution >= 0.6 is 0 Å². The summed E-state index contributed by atoms with van der Waals surface area (Å²) in [5.41, 5.74) is 0.794. The van der Waals surface area contributed by atoms with Gasteiger partial charge in [0.15, 0.2) is 0 Å². The van der Waals surface area contributed by atoms with Crippen molar-refractivity contribution in [1.82, 2.24) is 0 Å². The molecule has 0 radical (unpaired) electrons. The zero-order valence-corrected chi connectivity index (χ0v) is 14.1. The Bertz CT molecular complexity index is 778. The number of rotatable bonds is 5. The maximum atomic E-state index is 12.8. The molecule has 4 unspecified atom stereocenters. The number of hydrogen-bond donors (Lipinski definition) is 2. The number of ether oxygens (including phenoxy) is 1. The molecule has 130 valence electrons. The van der Waals surface area contributed by atoms with E-state index < -0.39 is 17.8 Å². The molecule has 25 heavy (non-hydrogen) atoms. The van der Waals surface area contributed by atoms with Gasteiger partial charge in [0.25, 0.3) is 0 Å². The molecular formula is C19H20N2O4. The van der Waals surface area contributed by atoms with E-state index in [0.717, 1.165) is 0 Å². The van der Waals surface area contributed by atoms with Crippen LogP contribution in [0.3, 0.4) is 0 Å². The van der Waals surface area contributed by atoms with Crippen molar-refractivity contribution in [2.24, 2.45) is 23.7 Å². The van der Waals surface area contributed by atoms with Crippen molar-refractivity contribution in [2.45, 2.75) is 26.4 Å². The minimum atomic E-state index is -0.943. The van der Waals surface area contributed by atoms with E-state index in [-0.39, 0.29) is 23.8 Å². The van der Waals surface area contributed by atoms with Crippen LogP contribution in [0.5, 0.6) is 5.75 Å². The van der Waals surface area contributed by atoms with Gasteiger partial charge in [-0.1, -0.05) is 12.2 Å². The molecular weight excluding hydrogens is 320 g/mol. The molecule has 2 bridgehead atoms. The van der Waals surface area contributed by atoms with Crippen molar-refractivity contribution < 1.29 is 19.4 Å². The van der Waals surface area contributed by atoms with Crippen molar-refractivity contribution in [3.05, 3.63) is 35.9 Å². The molecule has 6 heteroatoms. The molecule has 6 nitrogen and oxygen atoms in total. The van der Waals surface area contributed by atoms with Gasteiger partial charge in [-0.05, 0) is 50.3 Å². The van der Waals surface area contributed by atoms with Gasteiger partial charge < -0.3 is 15.2 Å². The molecule has 2 aliphatic carbocycles. The molecule has 1 fully saturated rings. The highest BCUT2D eigenvalue weighted by Crippen LogP contribution is 2.48. The number of carbonyl (C=O) groups excluding carboxylic acids is 1. The zero-order chi connectivity index (χ0) is 18.1. The van der Waals surface area contributed by atoms with E-state index in [1.54, 1.807) is 18.2 Å². The molecule has 3 rings (SSSR count). The largest absolute Gasteiger partial charge is 0.489 e. The monoisotopic (exact) mass is 340 g/mol. The first kappa shape index (κ1) is 17.0. The molecule has 2 aliphatic rings.